The summed E-state index contributed by atoms with van der Waals surface area (Å²) in [5, 5.41) is 3.99. The second kappa shape index (κ2) is 7.38. The third kappa shape index (κ3) is 4.03. The molecule has 1 aliphatic rings. The van der Waals surface area contributed by atoms with Crippen LogP contribution in [0.2, 0.25) is 0 Å². The van der Waals surface area contributed by atoms with E-state index in [1.54, 1.807) is 0 Å². The summed E-state index contributed by atoms with van der Waals surface area (Å²) in [6.07, 6.45) is 3.72. The summed E-state index contributed by atoms with van der Waals surface area (Å²) < 4.78 is 10.3. The van der Waals surface area contributed by atoms with Crippen molar-refractivity contribution >= 4 is 5.97 Å². The molecule has 0 radical (unpaired) electrons. The van der Waals surface area contributed by atoms with Gasteiger partial charge in [0.25, 0.3) is 0 Å². The summed E-state index contributed by atoms with van der Waals surface area (Å²) >= 11 is 0. The highest BCUT2D eigenvalue weighted by atomic mass is 16.5. The summed E-state index contributed by atoms with van der Waals surface area (Å²) in [6, 6.07) is 0. The van der Waals surface area contributed by atoms with Gasteiger partial charge >= 0.3 is 5.97 Å². The minimum absolute atomic E-state index is 0.0225. The second-order valence-electron chi connectivity index (χ2n) is 5.18. The van der Waals surface area contributed by atoms with Gasteiger partial charge in [-0.25, -0.2) is 0 Å². The Morgan fingerprint density at radius 2 is 2.35 bits per heavy atom. The summed E-state index contributed by atoms with van der Waals surface area (Å²) in [5.74, 6) is 1.29. The number of carbonyl (C=O) groups is 1. The number of aryl methyl sites for hydroxylation is 1. The minimum atomic E-state index is -0.0861. The number of nitrogens with zero attached hydrogens (tertiary/aromatic N) is 3. The van der Waals surface area contributed by atoms with E-state index >= 15 is 0 Å². The zero-order valence-corrected chi connectivity index (χ0v) is 12.3. The van der Waals surface area contributed by atoms with Crippen molar-refractivity contribution in [2.45, 2.75) is 46.1 Å². The Kier molecular flexibility index (Phi) is 5.52. The first-order valence-electron chi connectivity index (χ1n) is 7.43. The Morgan fingerprint density at radius 1 is 1.50 bits per heavy atom. The lowest BCUT2D eigenvalue weighted by Crippen LogP contribution is -2.39. The van der Waals surface area contributed by atoms with Crippen LogP contribution in [0.25, 0.3) is 0 Å². The van der Waals surface area contributed by atoms with Gasteiger partial charge in [0.05, 0.1) is 19.1 Å². The quantitative estimate of drug-likeness (QED) is 0.741. The molecule has 0 unspecified atom stereocenters. The molecular formula is C14H23N3O3. The Labute approximate surface area is 119 Å². The number of piperidine rings is 1. The molecule has 2 heterocycles. The molecule has 1 aliphatic heterocycles. The highest BCUT2D eigenvalue weighted by Gasteiger charge is 2.27. The van der Waals surface area contributed by atoms with Crippen molar-refractivity contribution in [1.82, 2.24) is 15.0 Å². The largest absolute Gasteiger partial charge is 0.466 e. The van der Waals surface area contributed by atoms with E-state index < -0.39 is 0 Å². The van der Waals surface area contributed by atoms with Gasteiger partial charge in [0.2, 0.25) is 5.89 Å². The Bertz CT molecular complexity index is 433. The highest BCUT2D eigenvalue weighted by molar-refractivity contribution is 5.72. The van der Waals surface area contributed by atoms with Crippen molar-refractivity contribution in [2.24, 2.45) is 5.92 Å². The number of aromatic nitrogens is 2. The molecule has 1 aromatic rings. The molecule has 0 aromatic carbocycles. The minimum Gasteiger partial charge on any atom is -0.466 e. The molecule has 112 valence electrons. The lowest BCUT2D eigenvalue weighted by Gasteiger charge is -2.30. The Hall–Kier alpha value is -1.43. The zero-order valence-electron chi connectivity index (χ0n) is 12.3. The van der Waals surface area contributed by atoms with E-state index in [0.29, 0.717) is 24.9 Å². The number of ether oxygens (including phenoxy) is 1. The Balaban J connectivity index is 1.87. The molecule has 6 heteroatoms. The van der Waals surface area contributed by atoms with Crippen LogP contribution < -0.4 is 0 Å². The fourth-order valence-electron chi connectivity index (χ4n) is 2.52. The van der Waals surface area contributed by atoms with Crippen LogP contribution in [0.1, 0.15) is 44.8 Å². The predicted octanol–water partition coefficient (Wildman–Crippen LogP) is 1.80. The number of likely N-dealkylation sites (tertiary alicyclic amines) is 1. The molecule has 1 aromatic heterocycles. The third-order valence-electron chi connectivity index (χ3n) is 3.46. The highest BCUT2D eigenvalue weighted by Crippen LogP contribution is 2.19. The van der Waals surface area contributed by atoms with Crippen LogP contribution in [-0.4, -0.2) is 40.7 Å². The maximum absolute atomic E-state index is 11.8. The van der Waals surface area contributed by atoms with Gasteiger partial charge in [-0.1, -0.05) is 12.1 Å². The van der Waals surface area contributed by atoms with Crippen LogP contribution in [0.4, 0.5) is 0 Å². The van der Waals surface area contributed by atoms with Crippen molar-refractivity contribution in [1.29, 1.82) is 0 Å². The van der Waals surface area contributed by atoms with E-state index in [4.69, 9.17) is 9.26 Å². The molecule has 0 amide bonds. The van der Waals surface area contributed by atoms with Crippen molar-refractivity contribution in [2.75, 3.05) is 19.7 Å². The summed E-state index contributed by atoms with van der Waals surface area (Å²) in [7, 11) is 0. The number of esters is 1. The Morgan fingerprint density at radius 3 is 3.10 bits per heavy atom. The standard InChI is InChI=1S/C14H23N3O3/c1-3-6-13-15-12(16-20-13)10-17-8-5-7-11(9-17)14(18)19-4-2/h11H,3-10H2,1-2H3/t11-/m0/s1. The van der Waals surface area contributed by atoms with Gasteiger partial charge in [-0.3, -0.25) is 9.69 Å². The van der Waals surface area contributed by atoms with Crippen molar-refractivity contribution in [3.63, 3.8) is 0 Å². The van der Waals surface area contributed by atoms with Gasteiger partial charge in [0.15, 0.2) is 5.82 Å². The topological polar surface area (TPSA) is 68.5 Å². The molecule has 0 aliphatic carbocycles. The van der Waals surface area contributed by atoms with Crippen molar-refractivity contribution in [3.05, 3.63) is 11.7 Å². The van der Waals surface area contributed by atoms with Crippen LogP contribution in [0.15, 0.2) is 4.52 Å². The van der Waals surface area contributed by atoms with Crippen molar-refractivity contribution < 1.29 is 14.1 Å². The lowest BCUT2D eigenvalue weighted by molar-refractivity contribution is -0.150. The average molecular weight is 281 g/mol. The first-order valence-corrected chi connectivity index (χ1v) is 7.43. The predicted molar refractivity (Wildman–Crippen MR) is 72.9 cm³/mol. The first kappa shape index (κ1) is 15.0. The van der Waals surface area contributed by atoms with E-state index in [-0.39, 0.29) is 11.9 Å². The number of hydrogen-bond acceptors (Lipinski definition) is 6. The van der Waals surface area contributed by atoms with Crippen molar-refractivity contribution in [3.8, 4) is 0 Å². The van der Waals surface area contributed by atoms with Crippen LogP contribution in [0.3, 0.4) is 0 Å². The van der Waals surface area contributed by atoms with Gasteiger partial charge in [-0.15, -0.1) is 0 Å². The molecule has 0 bridgehead atoms. The molecule has 20 heavy (non-hydrogen) atoms. The van der Waals surface area contributed by atoms with Gasteiger partial charge in [-0.2, -0.15) is 4.98 Å². The molecule has 0 spiro atoms. The van der Waals surface area contributed by atoms with Gasteiger partial charge in [-0.05, 0) is 32.7 Å². The molecular weight excluding hydrogens is 258 g/mol. The van der Waals surface area contributed by atoms with E-state index in [0.717, 1.165) is 38.8 Å². The second-order valence-corrected chi connectivity index (χ2v) is 5.18. The smallest absolute Gasteiger partial charge is 0.310 e. The number of hydrogen-bond donors (Lipinski definition) is 0. The summed E-state index contributed by atoms with van der Waals surface area (Å²) in [6.45, 7) is 6.69. The SMILES string of the molecule is CCCc1nc(CN2CCC[C@H](C(=O)OCC)C2)no1. The zero-order chi connectivity index (χ0) is 14.4. The van der Waals surface area contributed by atoms with E-state index in [1.165, 1.54) is 0 Å². The third-order valence-corrected chi connectivity index (χ3v) is 3.46. The van der Waals surface area contributed by atoms with E-state index in [1.807, 2.05) is 6.92 Å². The molecule has 1 saturated heterocycles. The molecule has 1 atom stereocenters. The van der Waals surface area contributed by atoms with E-state index in [2.05, 4.69) is 22.0 Å². The van der Waals surface area contributed by atoms with Gasteiger partial charge < -0.3 is 9.26 Å². The van der Waals surface area contributed by atoms with Crippen LogP contribution in [0, 0.1) is 5.92 Å². The molecule has 2 rings (SSSR count). The molecule has 0 N–H and O–H groups in total. The fourth-order valence-corrected chi connectivity index (χ4v) is 2.52. The lowest BCUT2D eigenvalue weighted by atomic mass is 9.98. The van der Waals surface area contributed by atoms with Crippen LogP contribution in [-0.2, 0) is 22.5 Å². The van der Waals surface area contributed by atoms with Crippen LogP contribution >= 0.6 is 0 Å². The number of carbonyl (C=O) groups excluding carboxylic acids is 1. The monoisotopic (exact) mass is 281 g/mol. The average Bonchev–Trinajstić information content (AvgIpc) is 2.87. The van der Waals surface area contributed by atoms with E-state index in [9.17, 15) is 4.79 Å². The first-order chi connectivity index (χ1) is 9.72. The fraction of sp³-hybridized carbons (Fsp3) is 0.786. The summed E-state index contributed by atoms with van der Waals surface area (Å²) in [5.41, 5.74) is 0. The molecule has 0 saturated carbocycles. The normalized spacial score (nSPS) is 20.0. The van der Waals surface area contributed by atoms with Gasteiger partial charge in [0, 0.05) is 13.0 Å². The maximum Gasteiger partial charge on any atom is 0.310 e. The van der Waals surface area contributed by atoms with Gasteiger partial charge in [0.1, 0.15) is 0 Å². The van der Waals surface area contributed by atoms with Crippen LogP contribution in [0.5, 0.6) is 0 Å². The maximum atomic E-state index is 11.8. The molecule has 1 fully saturated rings. The number of rotatable bonds is 6. The molecule has 6 nitrogen and oxygen atoms in total. The summed E-state index contributed by atoms with van der Waals surface area (Å²) in [4.78, 5) is 18.4.